The molecule has 1 N–H and O–H groups in total. The van der Waals surface area contributed by atoms with Gasteiger partial charge in [-0.2, -0.15) is 0 Å². The van der Waals surface area contributed by atoms with E-state index >= 15 is 0 Å². The maximum atomic E-state index is 5.40. The highest BCUT2D eigenvalue weighted by Gasteiger charge is 2.14. The van der Waals surface area contributed by atoms with E-state index in [4.69, 9.17) is 17.0 Å². The number of thiocarbonyl (C=S) groups is 1. The molecule has 96 valence electrons. The second-order valence-electron chi connectivity index (χ2n) is 4.03. The molecule has 16 heavy (non-hydrogen) atoms. The van der Waals surface area contributed by atoms with Gasteiger partial charge in [0.1, 0.15) is 0 Å². The Hall–Kier alpha value is -0.350. The summed E-state index contributed by atoms with van der Waals surface area (Å²) in [5.74, 6) is 0. The number of hydrogen-bond donors (Lipinski definition) is 1. The van der Waals surface area contributed by atoms with E-state index in [2.05, 4.69) is 31.0 Å². The van der Waals surface area contributed by atoms with E-state index in [9.17, 15) is 0 Å². The van der Waals surface area contributed by atoms with Crippen LogP contribution in [-0.4, -0.2) is 42.9 Å². The maximum Gasteiger partial charge on any atom is 0.169 e. The zero-order valence-corrected chi connectivity index (χ0v) is 11.9. The zero-order valence-electron chi connectivity index (χ0n) is 11.1. The quantitative estimate of drug-likeness (QED) is 0.525. The highest BCUT2D eigenvalue weighted by molar-refractivity contribution is 7.80. The van der Waals surface area contributed by atoms with Gasteiger partial charge < -0.3 is 15.0 Å². The maximum absolute atomic E-state index is 5.40. The van der Waals surface area contributed by atoms with E-state index in [1.54, 1.807) is 7.11 Å². The topological polar surface area (TPSA) is 24.5 Å². The summed E-state index contributed by atoms with van der Waals surface area (Å²) in [6, 6.07) is 0.469. The van der Waals surface area contributed by atoms with E-state index in [1.807, 2.05) is 0 Å². The lowest BCUT2D eigenvalue weighted by atomic mass is 10.2. The SMILES string of the molecule is CCCCNC(=S)N(CCOC)C(C)CC. The van der Waals surface area contributed by atoms with Gasteiger partial charge in [-0.25, -0.2) is 0 Å². The lowest BCUT2D eigenvalue weighted by molar-refractivity contribution is 0.162. The molecule has 0 bridgehead atoms. The van der Waals surface area contributed by atoms with Gasteiger partial charge >= 0.3 is 0 Å². The third-order valence-electron chi connectivity index (χ3n) is 2.73. The molecule has 0 saturated carbocycles. The number of methoxy groups -OCH3 is 1. The molecule has 0 heterocycles. The molecule has 0 aromatic heterocycles. The molecule has 0 fully saturated rings. The predicted octanol–water partition coefficient (Wildman–Crippen LogP) is 2.41. The largest absolute Gasteiger partial charge is 0.383 e. The van der Waals surface area contributed by atoms with E-state index in [0.717, 1.165) is 31.2 Å². The van der Waals surface area contributed by atoms with Crippen LogP contribution in [0.4, 0.5) is 0 Å². The molecule has 0 amide bonds. The fraction of sp³-hybridized carbons (Fsp3) is 0.917. The molecule has 0 radical (unpaired) electrons. The van der Waals surface area contributed by atoms with Crippen molar-refractivity contribution in [3.63, 3.8) is 0 Å². The van der Waals surface area contributed by atoms with E-state index in [-0.39, 0.29) is 0 Å². The van der Waals surface area contributed by atoms with Crippen LogP contribution in [0.1, 0.15) is 40.0 Å². The molecule has 4 heteroatoms. The first-order chi connectivity index (χ1) is 7.67. The van der Waals surface area contributed by atoms with Gasteiger partial charge in [-0.3, -0.25) is 0 Å². The molecule has 0 rings (SSSR count). The van der Waals surface area contributed by atoms with Crippen LogP contribution in [0.15, 0.2) is 0 Å². The molecule has 0 aliphatic heterocycles. The summed E-state index contributed by atoms with van der Waals surface area (Å²) in [6.07, 6.45) is 3.45. The van der Waals surface area contributed by atoms with Gasteiger partial charge in [0, 0.05) is 26.2 Å². The minimum Gasteiger partial charge on any atom is -0.383 e. The van der Waals surface area contributed by atoms with Gasteiger partial charge in [0.2, 0.25) is 0 Å². The Morgan fingerprint density at radius 3 is 2.62 bits per heavy atom. The normalized spacial score (nSPS) is 12.2. The van der Waals surface area contributed by atoms with Crippen LogP contribution in [-0.2, 0) is 4.74 Å². The molecular formula is C12H26N2OS. The Kier molecular flexibility index (Phi) is 9.63. The molecule has 1 atom stereocenters. The van der Waals surface area contributed by atoms with Crippen LogP contribution < -0.4 is 5.32 Å². The molecule has 0 aromatic carbocycles. The fourth-order valence-electron chi connectivity index (χ4n) is 1.41. The summed E-state index contributed by atoms with van der Waals surface area (Å²) in [4.78, 5) is 2.22. The Balaban J connectivity index is 4.09. The number of unbranched alkanes of at least 4 members (excludes halogenated alkanes) is 1. The number of nitrogens with one attached hydrogen (secondary N) is 1. The van der Waals surface area contributed by atoms with Crippen molar-refractivity contribution >= 4 is 17.3 Å². The summed E-state index contributed by atoms with van der Waals surface area (Å²) in [6.45, 7) is 9.11. The monoisotopic (exact) mass is 246 g/mol. The molecule has 1 unspecified atom stereocenters. The van der Waals surface area contributed by atoms with Gasteiger partial charge in [0.25, 0.3) is 0 Å². The minimum absolute atomic E-state index is 0.469. The van der Waals surface area contributed by atoms with E-state index in [1.165, 1.54) is 12.8 Å². The first-order valence-corrected chi connectivity index (χ1v) is 6.61. The molecule has 0 saturated heterocycles. The van der Waals surface area contributed by atoms with Crippen molar-refractivity contribution < 1.29 is 4.74 Å². The van der Waals surface area contributed by atoms with E-state index < -0.39 is 0 Å². The van der Waals surface area contributed by atoms with Crippen LogP contribution in [0.5, 0.6) is 0 Å². The molecule has 0 spiro atoms. The van der Waals surface area contributed by atoms with Crippen LogP contribution in [0, 0.1) is 0 Å². The van der Waals surface area contributed by atoms with Gasteiger partial charge in [0.15, 0.2) is 5.11 Å². The van der Waals surface area contributed by atoms with Crippen molar-refractivity contribution in [3.8, 4) is 0 Å². The van der Waals surface area contributed by atoms with Crippen molar-refractivity contribution in [2.45, 2.75) is 46.1 Å². The van der Waals surface area contributed by atoms with Gasteiger partial charge in [-0.15, -0.1) is 0 Å². The Morgan fingerprint density at radius 2 is 2.12 bits per heavy atom. The fourth-order valence-corrected chi connectivity index (χ4v) is 1.78. The summed E-state index contributed by atoms with van der Waals surface area (Å²) < 4.78 is 5.11. The number of nitrogens with zero attached hydrogens (tertiary/aromatic N) is 1. The van der Waals surface area contributed by atoms with Crippen LogP contribution >= 0.6 is 12.2 Å². The molecular weight excluding hydrogens is 220 g/mol. The van der Waals surface area contributed by atoms with Crippen LogP contribution in [0.2, 0.25) is 0 Å². The highest BCUT2D eigenvalue weighted by atomic mass is 32.1. The standard InChI is InChI=1S/C12H26N2OS/c1-5-7-8-13-12(16)14(9-10-15-4)11(3)6-2/h11H,5-10H2,1-4H3,(H,13,16). The second kappa shape index (κ2) is 9.85. The van der Waals surface area contributed by atoms with Crippen LogP contribution in [0.25, 0.3) is 0 Å². The van der Waals surface area contributed by atoms with Crippen molar-refractivity contribution in [2.24, 2.45) is 0 Å². The zero-order chi connectivity index (χ0) is 12.4. The summed E-state index contributed by atoms with van der Waals surface area (Å²) >= 11 is 5.40. The summed E-state index contributed by atoms with van der Waals surface area (Å²) in [5.41, 5.74) is 0. The summed E-state index contributed by atoms with van der Waals surface area (Å²) in [5, 5.41) is 4.17. The Morgan fingerprint density at radius 1 is 1.44 bits per heavy atom. The van der Waals surface area contributed by atoms with E-state index in [0.29, 0.717) is 6.04 Å². The third-order valence-corrected chi connectivity index (χ3v) is 3.11. The predicted molar refractivity (Wildman–Crippen MR) is 73.8 cm³/mol. The molecule has 0 aromatic rings. The highest BCUT2D eigenvalue weighted by Crippen LogP contribution is 2.04. The lowest BCUT2D eigenvalue weighted by Crippen LogP contribution is -2.46. The number of rotatable bonds is 8. The Labute approximate surface area is 106 Å². The third kappa shape index (κ3) is 6.28. The molecule has 0 aliphatic rings. The minimum atomic E-state index is 0.469. The van der Waals surface area contributed by atoms with Gasteiger partial charge in [-0.05, 0) is 32.0 Å². The average molecular weight is 246 g/mol. The Bertz CT molecular complexity index is 188. The van der Waals surface area contributed by atoms with Gasteiger partial charge in [-0.1, -0.05) is 20.3 Å². The molecule has 0 aliphatic carbocycles. The number of hydrogen-bond acceptors (Lipinski definition) is 2. The average Bonchev–Trinajstić information content (AvgIpc) is 2.29. The first-order valence-electron chi connectivity index (χ1n) is 6.20. The molecule has 3 nitrogen and oxygen atoms in total. The summed E-state index contributed by atoms with van der Waals surface area (Å²) in [7, 11) is 1.72. The van der Waals surface area contributed by atoms with Crippen molar-refractivity contribution in [1.29, 1.82) is 0 Å². The van der Waals surface area contributed by atoms with Crippen LogP contribution in [0.3, 0.4) is 0 Å². The van der Waals surface area contributed by atoms with Crippen molar-refractivity contribution in [1.82, 2.24) is 10.2 Å². The first kappa shape index (κ1) is 15.7. The van der Waals surface area contributed by atoms with Crippen molar-refractivity contribution in [3.05, 3.63) is 0 Å². The second-order valence-corrected chi connectivity index (χ2v) is 4.42. The van der Waals surface area contributed by atoms with Gasteiger partial charge in [0.05, 0.1) is 6.61 Å². The smallest absolute Gasteiger partial charge is 0.169 e. The van der Waals surface area contributed by atoms with Crippen molar-refractivity contribution in [2.75, 3.05) is 26.8 Å². The number of ether oxygens (including phenoxy) is 1. The lowest BCUT2D eigenvalue weighted by Gasteiger charge is -2.31.